The second-order valence-electron chi connectivity index (χ2n) is 9.61. The molecular formula is C28H31N3O4S. The number of carbonyl (C=O) groups is 1. The molecule has 0 N–H and O–H groups in total. The highest BCUT2D eigenvalue weighted by Gasteiger charge is 2.37. The summed E-state index contributed by atoms with van der Waals surface area (Å²) in [5, 5.41) is 3.94. The molecule has 0 saturated carbocycles. The van der Waals surface area contributed by atoms with Gasteiger partial charge in [0.05, 0.1) is 0 Å². The lowest BCUT2D eigenvalue weighted by Crippen LogP contribution is -2.45. The van der Waals surface area contributed by atoms with Gasteiger partial charge in [-0.3, -0.25) is 4.79 Å². The van der Waals surface area contributed by atoms with E-state index in [2.05, 4.69) is 11.2 Å². The van der Waals surface area contributed by atoms with Crippen LogP contribution >= 0.6 is 0 Å². The number of nitrogens with zero attached hydrogens (tertiary/aromatic N) is 3. The first-order chi connectivity index (χ1) is 17.3. The molecule has 2 aliphatic heterocycles. The van der Waals surface area contributed by atoms with Crippen molar-refractivity contribution >= 4 is 33.8 Å². The maximum Gasteiger partial charge on any atom is 0.248 e. The summed E-state index contributed by atoms with van der Waals surface area (Å²) in [5.74, 6) is 0.130. The van der Waals surface area contributed by atoms with Crippen molar-refractivity contribution in [1.82, 2.24) is 9.46 Å². The van der Waals surface area contributed by atoms with Crippen LogP contribution in [0, 0.1) is 19.8 Å². The van der Waals surface area contributed by atoms with E-state index in [0.717, 1.165) is 29.7 Å². The predicted octanol–water partition coefficient (Wildman–Crippen LogP) is 4.84. The number of aromatic nitrogens is 1. The maximum atomic E-state index is 13.6. The Balaban J connectivity index is 1.30. The lowest BCUT2D eigenvalue weighted by molar-refractivity contribution is -0.123. The van der Waals surface area contributed by atoms with Crippen molar-refractivity contribution in [2.24, 2.45) is 5.92 Å². The minimum Gasteiger partial charge on any atom is -0.355 e. The summed E-state index contributed by atoms with van der Waals surface area (Å²) in [5.41, 5.74) is 4.62. The van der Waals surface area contributed by atoms with Gasteiger partial charge in [-0.05, 0) is 62.8 Å². The number of amides is 1. The normalized spacial score (nSPS) is 17.4. The van der Waals surface area contributed by atoms with Gasteiger partial charge in [0.1, 0.15) is 5.69 Å². The second kappa shape index (κ2) is 10.0. The van der Waals surface area contributed by atoms with Crippen LogP contribution in [0.3, 0.4) is 0 Å². The predicted molar refractivity (Wildman–Crippen MR) is 140 cm³/mol. The van der Waals surface area contributed by atoms with Gasteiger partial charge >= 0.3 is 0 Å². The minimum atomic E-state index is -3.81. The quantitative estimate of drug-likeness (QED) is 0.495. The lowest BCUT2D eigenvalue weighted by Gasteiger charge is -2.36. The highest BCUT2D eigenvalue weighted by Crippen LogP contribution is 2.33. The van der Waals surface area contributed by atoms with Crippen LogP contribution in [0.2, 0.25) is 0 Å². The average molecular weight is 506 g/mol. The van der Waals surface area contributed by atoms with E-state index < -0.39 is 10.0 Å². The van der Waals surface area contributed by atoms with Crippen LogP contribution in [0.15, 0.2) is 57.9 Å². The van der Waals surface area contributed by atoms with E-state index in [0.29, 0.717) is 38.2 Å². The zero-order valence-electron chi connectivity index (χ0n) is 20.7. The number of para-hydroxylation sites is 1. The monoisotopic (exact) mass is 505 g/mol. The molecule has 1 amide bonds. The number of hydrogen-bond donors (Lipinski definition) is 0. The summed E-state index contributed by atoms with van der Waals surface area (Å²) in [6, 6.07) is 16.0. The second-order valence-corrected chi connectivity index (χ2v) is 11.5. The van der Waals surface area contributed by atoms with Gasteiger partial charge in [0.15, 0.2) is 10.7 Å². The Kier molecular flexibility index (Phi) is 6.81. The Morgan fingerprint density at radius 3 is 2.47 bits per heavy atom. The standard InChI is InChI=1S/C28H31N3O4S/c1-20-9-11-22(12-10-20)13-14-26-27(21(2)29-35-26)36(33,34)30-18-15-24(16-19-30)28(32)31-17-5-7-23-6-3-4-8-25(23)31/h3-4,6,8-14,24H,5,7,15-19H2,1-2H3. The number of sulfonamides is 1. The van der Waals surface area contributed by atoms with Gasteiger partial charge in [0.25, 0.3) is 0 Å². The van der Waals surface area contributed by atoms with Crippen LogP contribution in [0.1, 0.15) is 47.4 Å². The Hall–Kier alpha value is -3.23. The molecular weight excluding hydrogens is 474 g/mol. The molecule has 188 valence electrons. The first-order valence-corrected chi connectivity index (χ1v) is 13.9. The van der Waals surface area contributed by atoms with Gasteiger partial charge in [-0.15, -0.1) is 0 Å². The topological polar surface area (TPSA) is 83.7 Å². The molecule has 2 aliphatic rings. The SMILES string of the molecule is Cc1ccc(C=Cc2onc(C)c2S(=O)(=O)N2CCC(C(=O)N3CCCc4ccccc43)CC2)cc1. The number of benzene rings is 2. The zero-order chi connectivity index (χ0) is 25.3. The smallest absolute Gasteiger partial charge is 0.248 e. The third kappa shape index (κ3) is 4.75. The van der Waals surface area contributed by atoms with Crippen molar-refractivity contribution in [3.63, 3.8) is 0 Å². The molecule has 7 nitrogen and oxygen atoms in total. The molecule has 0 bridgehead atoms. The molecule has 1 fully saturated rings. The van der Waals surface area contributed by atoms with Crippen molar-refractivity contribution in [2.45, 2.75) is 44.4 Å². The van der Waals surface area contributed by atoms with Gasteiger partial charge in [-0.2, -0.15) is 4.31 Å². The number of hydrogen-bond acceptors (Lipinski definition) is 5. The van der Waals surface area contributed by atoms with E-state index in [1.807, 2.05) is 60.4 Å². The Labute approximate surface area is 212 Å². The molecule has 8 heteroatoms. The fourth-order valence-electron chi connectivity index (χ4n) is 5.10. The number of piperidine rings is 1. The summed E-state index contributed by atoms with van der Waals surface area (Å²) in [6.45, 7) is 4.95. The van der Waals surface area contributed by atoms with E-state index in [9.17, 15) is 13.2 Å². The molecule has 2 aromatic carbocycles. The molecule has 1 saturated heterocycles. The fourth-order valence-corrected chi connectivity index (χ4v) is 6.82. The van der Waals surface area contributed by atoms with E-state index in [1.54, 1.807) is 13.0 Å². The Morgan fingerprint density at radius 1 is 1.00 bits per heavy atom. The van der Waals surface area contributed by atoms with E-state index in [4.69, 9.17) is 4.52 Å². The first-order valence-electron chi connectivity index (χ1n) is 12.4. The summed E-state index contributed by atoms with van der Waals surface area (Å²) < 4.78 is 34.0. The highest BCUT2D eigenvalue weighted by atomic mass is 32.2. The largest absolute Gasteiger partial charge is 0.355 e. The van der Waals surface area contributed by atoms with Gasteiger partial charge in [-0.25, -0.2) is 8.42 Å². The molecule has 3 heterocycles. The fraction of sp³-hybridized carbons (Fsp3) is 0.357. The van der Waals surface area contributed by atoms with Crippen molar-refractivity contribution in [2.75, 3.05) is 24.5 Å². The van der Waals surface area contributed by atoms with Gasteiger partial charge < -0.3 is 9.42 Å². The molecule has 36 heavy (non-hydrogen) atoms. The Bertz CT molecular complexity index is 1380. The Morgan fingerprint density at radius 2 is 1.72 bits per heavy atom. The van der Waals surface area contributed by atoms with Crippen LogP contribution in [0.4, 0.5) is 5.69 Å². The molecule has 0 atom stereocenters. The summed E-state index contributed by atoms with van der Waals surface area (Å²) >= 11 is 0. The minimum absolute atomic E-state index is 0.0978. The van der Waals surface area contributed by atoms with Gasteiger partial charge in [-0.1, -0.05) is 59.3 Å². The van der Waals surface area contributed by atoms with Crippen LogP contribution in [0.5, 0.6) is 0 Å². The molecule has 0 unspecified atom stereocenters. The first kappa shape index (κ1) is 24.5. The summed E-state index contributed by atoms with van der Waals surface area (Å²) in [6.07, 6.45) is 6.39. The van der Waals surface area contributed by atoms with Crippen LogP contribution in [-0.4, -0.2) is 43.4 Å². The number of fused-ring (bicyclic) bond motifs is 1. The van der Waals surface area contributed by atoms with Crippen LogP contribution < -0.4 is 4.90 Å². The molecule has 0 aliphatic carbocycles. The third-order valence-electron chi connectivity index (χ3n) is 7.12. The van der Waals surface area contributed by atoms with Crippen LogP contribution in [0.25, 0.3) is 12.2 Å². The highest BCUT2D eigenvalue weighted by molar-refractivity contribution is 7.89. The number of aryl methyl sites for hydroxylation is 3. The van der Waals surface area contributed by atoms with Crippen molar-refractivity contribution in [1.29, 1.82) is 0 Å². The van der Waals surface area contributed by atoms with Crippen molar-refractivity contribution in [3.8, 4) is 0 Å². The summed E-state index contributed by atoms with van der Waals surface area (Å²) in [7, 11) is -3.81. The maximum absolute atomic E-state index is 13.6. The van der Waals surface area contributed by atoms with E-state index >= 15 is 0 Å². The van der Waals surface area contributed by atoms with E-state index in [-0.39, 0.29) is 22.5 Å². The van der Waals surface area contributed by atoms with Gasteiger partial charge in [0.2, 0.25) is 15.9 Å². The summed E-state index contributed by atoms with van der Waals surface area (Å²) in [4.78, 5) is 15.4. The van der Waals surface area contributed by atoms with E-state index in [1.165, 1.54) is 9.87 Å². The number of carbonyl (C=O) groups excluding carboxylic acids is 1. The molecule has 0 spiro atoms. The molecule has 1 aromatic heterocycles. The average Bonchev–Trinajstić information content (AvgIpc) is 3.28. The zero-order valence-corrected chi connectivity index (χ0v) is 21.5. The van der Waals surface area contributed by atoms with Gasteiger partial charge in [0, 0.05) is 31.2 Å². The lowest BCUT2D eigenvalue weighted by atomic mass is 9.94. The number of rotatable bonds is 5. The number of anilines is 1. The third-order valence-corrected chi connectivity index (χ3v) is 9.17. The van der Waals surface area contributed by atoms with Crippen molar-refractivity contribution in [3.05, 3.63) is 76.7 Å². The molecule has 5 rings (SSSR count). The molecule has 3 aromatic rings. The molecule has 0 radical (unpaired) electrons. The van der Waals surface area contributed by atoms with Crippen molar-refractivity contribution < 1.29 is 17.7 Å². The van der Waals surface area contributed by atoms with Crippen LogP contribution in [-0.2, 0) is 21.2 Å².